The van der Waals surface area contributed by atoms with Crippen molar-refractivity contribution in [3.05, 3.63) is 60.7 Å². The van der Waals surface area contributed by atoms with Gasteiger partial charge in [-0.1, -0.05) is 18.2 Å². The van der Waals surface area contributed by atoms with Gasteiger partial charge in [0.1, 0.15) is 0 Å². The number of hydrogen-bond donors (Lipinski definition) is 0. The van der Waals surface area contributed by atoms with Gasteiger partial charge in [0.2, 0.25) is 0 Å². The predicted octanol–water partition coefficient (Wildman–Crippen LogP) is 2.70. The molecule has 1 aromatic carbocycles. The fourth-order valence-corrected chi connectivity index (χ4v) is 2.52. The van der Waals surface area contributed by atoms with Crippen LogP contribution in [0.3, 0.4) is 0 Å². The van der Waals surface area contributed by atoms with Crippen molar-refractivity contribution in [3.8, 4) is 17.1 Å². The van der Waals surface area contributed by atoms with E-state index in [1.165, 1.54) is 22.6 Å². The summed E-state index contributed by atoms with van der Waals surface area (Å²) in [6.07, 6.45) is 5.93. The summed E-state index contributed by atoms with van der Waals surface area (Å²) in [6, 6.07) is 12.7. The first kappa shape index (κ1) is 8.82. The molecule has 0 amide bonds. The second-order valence-electron chi connectivity index (χ2n) is 4.30. The first-order valence-corrected chi connectivity index (χ1v) is 5.69. The Morgan fingerprint density at radius 1 is 1.00 bits per heavy atom. The molecule has 0 fully saturated rings. The highest BCUT2D eigenvalue weighted by Crippen LogP contribution is 2.29. The molecule has 3 heteroatoms. The molecule has 0 saturated carbocycles. The van der Waals surface area contributed by atoms with Crippen molar-refractivity contribution in [2.24, 2.45) is 0 Å². The van der Waals surface area contributed by atoms with E-state index in [0.29, 0.717) is 0 Å². The molecule has 4 rings (SSSR count). The molecular weight excluding hydrogens is 210 g/mol. The molecule has 0 saturated heterocycles. The molecule has 82 valence electrons. The van der Waals surface area contributed by atoms with Gasteiger partial charge in [0, 0.05) is 6.20 Å². The lowest BCUT2D eigenvalue weighted by atomic mass is 10.2. The van der Waals surface area contributed by atoms with E-state index in [1.54, 1.807) is 0 Å². The summed E-state index contributed by atoms with van der Waals surface area (Å²) >= 11 is 0. The van der Waals surface area contributed by atoms with E-state index < -0.39 is 0 Å². The molecule has 3 heterocycles. The van der Waals surface area contributed by atoms with E-state index in [4.69, 9.17) is 0 Å². The van der Waals surface area contributed by atoms with Crippen LogP contribution in [-0.4, -0.2) is 14.1 Å². The van der Waals surface area contributed by atoms with Gasteiger partial charge >= 0.3 is 0 Å². The largest absolute Gasteiger partial charge is 0.325 e. The highest BCUT2D eigenvalue weighted by atomic mass is 15.1. The van der Waals surface area contributed by atoms with Crippen LogP contribution >= 0.6 is 0 Å². The third-order valence-corrected chi connectivity index (χ3v) is 3.32. The number of imidazole rings is 1. The van der Waals surface area contributed by atoms with Gasteiger partial charge in [-0.05, 0) is 23.8 Å². The van der Waals surface area contributed by atoms with Crippen LogP contribution in [0.25, 0.3) is 17.1 Å². The Kier molecular flexibility index (Phi) is 1.61. The second-order valence-corrected chi connectivity index (χ2v) is 4.30. The van der Waals surface area contributed by atoms with Crippen LogP contribution in [0.5, 0.6) is 0 Å². The fraction of sp³-hybridized carbons (Fsp3) is 0.0714. The Labute approximate surface area is 99.0 Å². The predicted molar refractivity (Wildman–Crippen MR) is 66.1 cm³/mol. The molecule has 1 aliphatic rings. The van der Waals surface area contributed by atoms with Crippen LogP contribution in [0.4, 0.5) is 0 Å². The second kappa shape index (κ2) is 3.10. The van der Waals surface area contributed by atoms with Crippen LogP contribution in [0.1, 0.15) is 5.56 Å². The Hall–Kier alpha value is -2.29. The average Bonchev–Trinajstić information content (AvgIpc) is 2.96. The molecule has 0 N–H and O–H groups in total. The molecule has 0 atom stereocenters. The van der Waals surface area contributed by atoms with Crippen LogP contribution in [0.15, 0.2) is 55.1 Å². The third kappa shape index (κ3) is 1.13. The number of hydrogen-bond acceptors (Lipinski definition) is 1. The summed E-state index contributed by atoms with van der Waals surface area (Å²) in [7, 11) is 0. The van der Waals surface area contributed by atoms with Crippen molar-refractivity contribution >= 4 is 0 Å². The van der Waals surface area contributed by atoms with Crippen LogP contribution in [0, 0.1) is 0 Å². The Bertz CT molecular complexity index is 691. The number of nitrogens with zero attached hydrogens (tertiary/aromatic N) is 3. The lowest BCUT2D eigenvalue weighted by Crippen LogP contribution is -1.99. The Balaban J connectivity index is 2.12. The van der Waals surface area contributed by atoms with Crippen molar-refractivity contribution < 1.29 is 0 Å². The topological polar surface area (TPSA) is 22.8 Å². The molecule has 3 aromatic rings. The lowest BCUT2D eigenvalue weighted by molar-refractivity contribution is 0.810. The zero-order valence-electron chi connectivity index (χ0n) is 9.24. The van der Waals surface area contributed by atoms with Gasteiger partial charge in [-0.25, -0.2) is 4.98 Å². The molecular formula is C14H11N3. The maximum atomic E-state index is 4.25. The van der Waals surface area contributed by atoms with E-state index in [2.05, 4.69) is 56.7 Å². The summed E-state index contributed by atoms with van der Waals surface area (Å²) in [6.45, 7) is 0.882. The monoisotopic (exact) mass is 221 g/mol. The third-order valence-electron chi connectivity index (χ3n) is 3.32. The van der Waals surface area contributed by atoms with Crippen molar-refractivity contribution in [1.29, 1.82) is 0 Å². The number of para-hydroxylation sites is 1. The van der Waals surface area contributed by atoms with E-state index in [0.717, 1.165) is 6.54 Å². The first-order chi connectivity index (χ1) is 8.43. The highest BCUT2D eigenvalue weighted by molar-refractivity contribution is 5.62. The van der Waals surface area contributed by atoms with Crippen molar-refractivity contribution in [1.82, 2.24) is 14.1 Å². The quantitative estimate of drug-likeness (QED) is 0.447. The zero-order valence-corrected chi connectivity index (χ0v) is 9.24. The Morgan fingerprint density at radius 2 is 1.94 bits per heavy atom. The zero-order chi connectivity index (χ0) is 11.2. The molecule has 0 radical (unpaired) electrons. The van der Waals surface area contributed by atoms with Gasteiger partial charge in [-0.15, -0.1) is 0 Å². The van der Waals surface area contributed by atoms with Gasteiger partial charge in [0.25, 0.3) is 0 Å². The molecule has 1 aliphatic heterocycles. The SMILES string of the molecule is c1ccc2c(c1)Cn1cncc1-c1cccn1-2. The summed E-state index contributed by atoms with van der Waals surface area (Å²) < 4.78 is 4.42. The first-order valence-electron chi connectivity index (χ1n) is 5.69. The molecule has 17 heavy (non-hydrogen) atoms. The number of aromatic nitrogens is 3. The number of fused-ring (bicyclic) bond motifs is 5. The smallest absolute Gasteiger partial charge is 0.0954 e. The van der Waals surface area contributed by atoms with Crippen molar-refractivity contribution in [2.45, 2.75) is 6.54 Å². The number of rotatable bonds is 0. The highest BCUT2D eigenvalue weighted by Gasteiger charge is 2.17. The molecule has 0 spiro atoms. The van der Waals surface area contributed by atoms with Crippen LogP contribution in [-0.2, 0) is 6.54 Å². The van der Waals surface area contributed by atoms with E-state index >= 15 is 0 Å². The summed E-state index contributed by atoms with van der Waals surface area (Å²) in [4.78, 5) is 4.25. The van der Waals surface area contributed by atoms with E-state index in [1.807, 2.05) is 12.5 Å². The van der Waals surface area contributed by atoms with Gasteiger partial charge in [0.05, 0.1) is 36.1 Å². The van der Waals surface area contributed by atoms with Gasteiger partial charge in [0.15, 0.2) is 0 Å². The lowest BCUT2D eigenvalue weighted by Gasteiger charge is -2.08. The van der Waals surface area contributed by atoms with Gasteiger partial charge in [-0.3, -0.25) is 0 Å². The molecule has 0 aliphatic carbocycles. The summed E-state index contributed by atoms with van der Waals surface area (Å²) in [5.41, 5.74) is 4.96. The minimum atomic E-state index is 0.882. The van der Waals surface area contributed by atoms with Crippen molar-refractivity contribution in [3.63, 3.8) is 0 Å². The van der Waals surface area contributed by atoms with E-state index in [-0.39, 0.29) is 0 Å². The minimum Gasteiger partial charge on any atom is -0.325 e. The summed E-state index contributed by atoms with van der Waals surface area (Å²) in [5.74, 6) is 0. The fourth-order valence-electron chi connectivity index (χ4n) is 2.52. The average molecular weight is 221 g/mol. The Morgan fingerprint density at radius 3 is 2.94 bits per heavy atom. The molecule has 3 nitrogen and oxygen atoms in total. The van der Waals surface area contributed by atoms with E-state index in [9.17, 15) is 0 Å². The van der Waals surface area contributed by atoms with Crippen molar-refractivity contribution in [2.75, 3.05) is 0 Å². The maximum Gasteiger partial charge on any atom is 0.0954 e. The van der Waals surface area contributed by atoms with Crippen LogP contribution in [0.2, 0.25) is 0 Å². The van der Waals surface area contributed by atoms with Gasteiger partial charge < -0.3 is 9.13 Å². The van der Waals surface area contributed by atoms with Gasteiger partial charge in [-0.2, -0.15) is 0 Å². The standard InChI is InChI=1S/C14H11N3/c1-2-5-12-11(4-1)9-16-10-15-8-14(16)13-6-3-7-17(12)13/h1-8,10H,9H2. The molecule has 2 aromatic heterocycles. The maximum absolute atomic E-state index is 4.25. The normalized spacial score (nSPS) is 12.5. The molecule has 0 bridgehead atoms. The molecule has 0 unspecified atom stereocenters. The number of benzene rings is 1. The van der Waals surface area contributed by atoms with Crippen LogP contribution < -0.4 is 0 Å². The minimum absolute atomic E-state index is 0.882. The summed E-state index contributed by atoms with van der Waals surface area (Å²) in [5, 5.41) is 0.